The van der Waals surface area contributed by atoms with Crippen LogP contribution in [0.3, 0.4) is 0 Å². The Morgan fingerprint density at radius 3 is 1.83 bits per heavy atom. The molecular weight excluding hydrogens is 503 g/mol. The highest BCUT2D eigenvalue weighted by molar-refractivity contribution is 6.96. The molecule has 3 aromatic rings. The molecular formula is C30H36Cl2OSi2. The summed E-state index contributed by atoms with van der Waals surface area (Å²) in [7, 11) is -3.90. The highest BCUT2D eigenvalue weighted by atomic mass is 35.5. The van der Waals surface area contributed by atoms with Gasteiger partial charge in [0.05, 0.1) is 8.07 Å². The first-order valence-corrected chi connectivity index (χ1v) is 19.3. The van der Waals surface area contributed by atoms with E-state index in [0.717, 1.165) is 27.9 Å². The number of hydrogen-bond acceptors (Lipinski definition) is 1. The van der Waals surface area contributed by atoms with E-state index in [9.17, 15) is 0 Å². The lowest BCUT2D eigenvalue weighted by atomic mass is 10.1. The van der Waals surface area contributed by atoms with Crippen LogP contribution in [0.4, 0.5) is 0 Å². The maximum absolute atomic E-state index is 6.61. The van der Waals surface area contributed by atoms with Gasteiger partial charge in [0.2, 0.25) is 0 Å². The summed E-state index contributed by atoms with van der Waals surface area (Å²) in [6, 6.07) is 19.8. The van der Waals surface area contributed by atoms with Crippen molar-refractivity contribution in [2.24, 2.45) is 0 Å². The Bertz CT molecular complexity index is 1220. The molecule has 0 aromatic heterocycles. The third-order valence-corrected chi connectivity index (χ3v) is 15.8. The van der Waals surface area contributed by atoms with Gasteiger partial charge in [0, 0.05) is 15.6 Å². The van der Waals surface area contributed by atoms with Crippen LogP contribution in [0.2, 0.25) is 41.8 Å². The Hall–Kier alpha value is -1.79. The Labute approximate surface area is 223 Å². The molecule has 1 aliphatic rings. The largest absolute Gasteiger partial charge is 0.490 e. The predicted molar refractivity (Wildman–Crippen MR) is 160 cm³/mol. The van der Waals surface area contributed by atoms with Crippen LogP contribution in [0.1, 0.15) is 36.1 Å². The van der Waals surface area contributed by atoms with Crippen molar-refractivity contribution in [3.05, 3.63) is 87.9 Å². The van der Waals surface area contributed by atoms with Crippen LogP contribution in [0.15, 0.2) is 61.2 Å². The minimum Gasteiger partial charge on any atom is -0.490 e. The fraction of sp³-hybridized carbons (Fsp3) is 0.333. The van der Waals surface area contributed by atoms with Gasteiger partial charge in [0.15, 0.2) is 0 Å². The summed E-state index contributed by atoms with van der Waals surface area (Å²) < 4.78 is 6.59. The Balaban J connectivity index is 2.09. The van der Waals surface area contributed by atoms with E-state index in [1.165, 1.54) is 38.2 Å². The van der Waals surface area contributed by atoms with Crippen molar-refractivity contribution in [3.8, 4) is 16.9 Å². The van der Waals surface area contributed by atoms with Gasteiger partial charge in [0.1, 0.15) is 20.4 Å². The van der Waals surface area contributed by atoms with E-state index < -0.39 is 16.1 Å². The summed E-state index contributed by atoms with van der Waals surface area (Å²) in [5.74, 6) is 1.11. The zero-order valence-electron chi connectivity index (χ0n) is 21.8. The molecule has 1 aliphatic carbocycles. The molecule has 0 fully saturated rings. The second-order valence-corrected chi connectivity index (χ2v) is 21.6. The number of aryl methyl sites for hydroxylation is 1. The first kappa shape index (κ1) is 26.3. The average Bonchev–Trinajstić information content (AvgIpc) is 3.11. The fourth-order valence-electron chi connectivity index (χ4n) is 5.99. The second-order valence-electron chi connectivity index (χ2n) is 10.8. The van der Waals surface area contributed by atoms with Crippen molar-refractivity contribution in [2.45, 2.75) is 58.0 Å². The molecule has 0 saturated heterocycles. The highest BCUT2D eigenvalue weighted by Gasteiger charge is 2.48. The van der Waals surface area contributed by atoms with E-state index >= 15 is 0 Å². The highest BCUT2D eigenvalue weighted by Crippen LogP contribution is 2.52. The van der Waals surface area contributed by atoms with Gasteiger partial charge in [-0.05, 0) is 63.8 Å². The topological polar surface area (TPSA) is 9.23 Å². The molecule has 0 spiro atoms. The van der Waals surface area contributed by atoms with Crippen molar-refractivity contribution < 1.29 is 4.74 Å². The number of fused-ring (bicyclic) bond motifs is 3. The number of hydrogen-bond donors (Lipinski definition) is 0. The first-order valence-electron chi connectivity index (χ1n) is 12.6. The molecule has 184 valence electrons. The standard InChI is InChI=1S/C30H36Cl2OSi2/c1-8-15-33-29-27(34(5,6)7)16-20(4)17-28(29)35(9-2,10-3)30-25-18-21(31)11-13-23(25)24-14-12-22(32)19-26(24)30/h8,11-14,16-19,30H,1,9-10,15H2,2-7H3. The van der Waals surface area contributed by atoms with Crippen LogP contribution in [-0.4, -0.2) is 22.8 Å². The van der Waals surface area contributed by atoms with Crippen LogP contribution in [0, 0.1) is 6.92 Å². The molecule has 0 radical (unpaired) electrons. The third-order valence-electron chi connectivity index (χ3n) is 7.68. The molecule has 0 atom stereocenters. The lowest BCUT2D eigenvalue weighted by molar-refractivity contribution is 0.368. The van der Waals surface area contributed by atoms with Gasteiger partial charge in [-0.1, -0.05) is 111 Å². The SMILES string of the molecule is C=CCOc1c([Si](C)(C)C)cc(C)cc1[Si](CC)(CC)C1c2cc(Cl)ccc2-c2ccc(Cl)cc21. The molecule has 5 heteroatoms. The Kier molecular flexibility index (Phi) is 7.46. The van der Waals surface area contributed by atoms with Gasteiger partial charge < -0.3 is 4.74 Å². The van der Waals surface area contributed by atoms with Gasteiger partial charge in [0.25, 0.3) is 0 Å². The zero-order valence-corrected chi connectivity index (χ0v) is 25.3. The van der Waals surface area contributed by atoms with Crippen LogP contribution >= 0.6 is 23.2 Å². The zero-order chi connectivity index (χ0) is 25.5. The molecule has 0 amide bonds. The number of benzene rings is 3. The van der Waals surface area contributed by atoms with Gasteiger partial charge in [-0.2, -0.15) is 0 Å². The van der Waals surface area contributed by atoms with Crippen LogP contribution in [-0.2, 0) is 0 Å². The number of ether oxygens (including phenoxy) is 1. The van der Waals surface area contributed by atoms with Crippen LogP contribution in [0.25, 0.3) is 11.1 Å². The van der Waals surface area contributed by atoms with Gasteiger partial charge in [-0.25, -0.2) is 0 Å². The summed E-state index contributed by atoms with van der Waals surface area (Å²) in [5.41, 5.74) is 6.85. The summed E-state index contributed by atoms with van der Waals surface area (Å²) in [5, 5.41) is 4.42. The molecule has 0 aliphatic heterocycles. The number of halogens is 2. The maximum atomic E-state index is 6.61. The van der Waals surface area contributed by atoms with E-state index in [4.69, 9.17) is 27.9 Å². The molecule has 0 unspecified atom stereocenters. The van der Waals surface area contributed by atoms with E-state index in [-0.39, 0.29) is 5.54 Å². The monoisotopic (exact) mass is 538 g/mol. The minimum atomic E-state index is -2.23. The summed E-state index contributed by atoms with van der Waals surface area (Å²) in [6.07, 6.45) is 1.86. The Morgan fingerprint density at radius 2 is 1.37 bits per heavy atom. The molecule has 35 heavy (non-hydrogen) atoms. The van der Waals surface area contributed by atoms with Crippen molar-refractivity contribution in [2.75, 3.05) is 6.61 Å². The van der Waals surface area contributed by atoms with Crippen molar-refractivity contribution in [1.82, 2.24) is 0 Å². The van der Waals surface area contributed by atoms with Crippen LogP contribution < -0.4 is 15.1 Å². The van der Waals surface area contributed by atoms with Crippen molar-refractivity contribution >= 4 is 49.7 Å². The van der Waals surface area contributed by atoms with Crippen LogP contribution in [0.5, 0.6) is 5.75 Å². The van der Waals surface area contributed by atoms with E-state index in [1.807, 2.05) is 18.2 Å². The predicted octanol–water partition coefficient (Wildman–Crippen LogP) is 8.46. The lowest BCUT2D eigenvalue weighted by Crippen LogP contribution is -2.55. The second kappa shape index (κ2) is 9.93. The van der Waals surface area contributed by atoms with E-state index in [2.05, 4.69) is 83.4 Å². The minimum absolute atomic E-state index is 0.266. The van der Waals surface area contributed by atoms with E-state index in [1.54, 1.807) is 0 Å². The molecule has 4 rings (SSSR count). The molecule has 1 nitrogen and oxygen atoms in total. The fourth-order valence-corrected chi connectivity index (χ4v) is 13.3. The van der Waals surface area contributed by atoms with Gasteiger partial charge in [-0.3, -0.25) is 0 Å². The molecule has 0 bridgehead atoms. The summed E-state index contributed by atoms with van der Waals surface area (Å²) in [6.45, 7) is 18.7. The summed E-state index contributed by atoms with van der Waals surface area (Å²) in [4.78, 5) is 0. The third kappa shape index (κ3) is 4.57. The average molecular weight is 540 g/mol. The maximum Gasteiger partial charge on any atom is 0.118 e. The molecule has 0 saturated carbocycles. The van der Waals surface area contributed by atoms with Crippen molar-refractivity contribution in [1.29, 1.82) is 0 Å². The molecule has 0 heterocycles. The normalized spacial score (nSPS) is 13.5. The first-order chi connectivity index (χ1) is 16.6. The van der Waals surface area contributed by atoms with Gasteiger partial charge in [-0.15, -0.1) is 0 Å². The smallest absolute Gasteiger partial charge is 0.118 e. The van der Waals surface area contributed by atoms with Gasteiger partial charge >= 0.3 is 0 Å². The van der Waals surface area contributed by atoms with Crippen molar-refractivity contribution in [3.63, 3.8) is 0 Å². The lowest BCUT2D eigenvalue weighted by Gasteiger charge is -2.40. The number of rotatable bonds is 8. The quantitative estimate of drug-likeness (QED) is 0.206. The summed E-state index contributed by atoms with van der Waals surface area (Å²) >= 11 is 13.2. The molecule has 0 N–H and O–H groups in total. The van der Waals surface area contributed by atoms with E-state index in [0.29, 0.717) is 6.61 Å². The Morgan fingerprint density at radius 1 is 0.857 bits per heavy atom. The molecule has 3 aromatic carbocycles.